The van der Waals surface area contributed by atoms with Gasteiger partial charge in [0.25, 0.3) is 11.8 Å². The van der Waals surface area contributed by atoms with E-state index < -0.39 is 17.1 Å². The number of nitrogens with one attached hydrogen (secondary N) is 3. The van der Waals surface area contributed by atoms with E-state index in [1.807, 2.05) is 140 Å². The highest BCUT2D eigenvalue weighted by Gasteiger charge is 2.24. The van der Waals surface area contributed by atoms with Crippen LogP contribution in [0.2, 0.25) is 0 Å². The van der Waals surface area contributed by atoms with E-state index in [0.717, 1.165) is 27.1 Å². The Labute approximate surface area is 307 Å². The van der Waals surface area contributed by atoms with Crippen LogP contribution in [0.25, 0.3) is 17.2 Å². The standard InChI is InChI=1S/C44H37N3O4S/c1-2-51-40-24-13-12-23-38(40)46-44(50)41(34-17-8-4-9-18-34)52-37-22-14-21-36(30-37)45-43(49)39(47-42(48)35-19-10-5-11-20-35)29-31-25-27-33(28-26-31)32-15-6-3-7-16-32/h3-30,41H,2H2,1H3,(H,45,49)(H,46,50)(H,47,48)/b39-29+. The molecule has 3 amide bonds. The summed E-state index contributed by atoms with van der Waals surface area (Å²) in [5.41, 5.74) is 5.26. The van der Waals surface area contributed by atoms with Gasteiger partial charge in [-0.3, -0.25) is 14.4 Å². The maximum atomic E-state index is 13.8. The van der Waals surface area contributed by atoms with E-state index in [4.69, 9.17) is 4.74 Å². The third kappa shape index (κ3) is 9.44. The number of hydrogen-bond acceptors (Lipinski definition) is 5. The Kier molecular flexibility index (Phi) is 11.9. The number of amides is 3. The van der Waals surface area contributed by atoms with Gasteiger partial charge in [-0.1, -0.05) is 121 Å². The molecule has 0 radical (unpaired) electrons. The number of carbonyl (C=O) groups is 3. The summed E-state index contributed by atoms with van der Waals surface area (Å²) < 4.78 is 5.73. The molecule has 0 fully saturated rings. The number of thioether (sulfide) groups is 1. The Morgan fingerprint density at radius 1 is 0.673 bits per heavy atom. The van der Waals surface area contributed by atoms with Gasteiger partial charge in [0, 0.05) is 16.1 Å². The lowest BCUT2D eigenvalue weighted by molar-refractivity contribution is -0.116. The van der Waals surface area contributed by atoms with Crippen molar-refractivity contribution in [3.8, 4) is 16.9 Å². The lowest BCUT2D eigenvalue weighted by atomic mass is 10.0. The Morgan fingerprint density at radius 3 is 2.02 bits per heavy atom. The van der Waals surface area contributed by atoms with Crippen LogP contribution in [0.15, 0.2) is 174 Å². The number of para-hydroxylation sites is 2. The van der Waals surface area contributed by atoms with Crippen molar-refractivity contribution in [3.63, 3.8) is 0 Å². The minimum atomic E-state index is -0.610. The molecule has 6 aromatic carbocycles. The van der Waals surface area contributed by atoms with E-state index in [1.54, 1.807) is 36.4 Å². The summed E-state index contributed by atoms with van der Waals surface area (Å²) in [5.74, 6) is -0.529. The zero-order valence-electron chi connectivity index (χ0n) is 28.5. The molecule has 1 unspecified atom stereocenters. The predicted molar refractivity (Wildman–Crippen MR) is 210 cm³/mol. The summed E-state index contributed by atoms with van der Waals surface area (Å²) in [6.07, 6.45) is 1.65. The van der Waals surface area contributed by atoms with Crippen LogP contribution < -0.4 is 20.7 Å². The van der Waals surface area contributed by atoms with Crippen molar-refractivity contribution in [2.24, 2.45) is 0 Å². The van der Waals surface area contributed by atoms with E-state index in [9.17, 15) is 14.4 Å². The molecule has 3 N–H and O–H groups in total. The molecule has 0 saturated heterocycles. The van der Waals surface area contributed by atoms with Gasteiger partial charge in [0.15, 0.2) is 0 Å². The highest BCUT2D eigenvalue weighted by Crippen LogP contribution is 2.38. The predicted octanol–water partition coefficient (Wildman–Crippen LogP) is 9.63. The highest BCUT2D eigenvalue weighted by molar-refractivity contribution is 8.00. The molecular formula is C44H37N3O4S. The number of benzene rings is 6. The molecule has 0 aliphatic rings. The first-order valence-corrected chi connectivity index (χ1v) is 17.7. The zero-order valence-corrected chi connectivity index (χ0v) is 29.3. The maximum Gasteiger partial charge on any atom is 0.272 e. The fourth-order valence-electron chi connectivity index (χ4n) is 5.44. The van der Waals surface area contributed by atoms with Gasteiger partial charge in [0.05, 0.1) is 12.3 Å². The van der Waals surface area contributed by atoms with Gasteiger partial charge in [-0.15, -0.1) is 11.8 Å². The highest BCUT2D eigenvalue weighted by atomic mass is 32.2. The zero-order chi connectivity index (χ0) is 36.1. The summed E-state index contributed by atoms with van der Waals surface area (Å²) in [7, 11) is 0. The van der Waals surface area contributed by atoms with Crippen LogP contribution in [0.3, 0.4) is 0 Å². The second kappa shape index (κ2) is 17.5. The summed E-state index contributed by atoms with van der Waals surface area (Å²) in [6.45, 7) is 2.36. The van der Waals surface area contributed by atoms with Crippen molar-refractivity contribution >= 4 is 46.9 Å². The van der Waals surface area contributed by atoms with Crippen molar-refractivity contribution in [2.45, 2.75) is 17.1 Å². The molecule has 0 bridgehead atoms. The first kappa shape index (κ1) is 35.4. The molecule has 6 aromatic rings. The largest absolute Gasteiger partial charge is 0.492 e. The third-order valence-electron chi connectivity index (χ3n) is 7.99. The molecule has 0 saturated carbocycles. The molecule has 0 spiro atoms. The van der Waals surface area contributed by atoms with Gasteiger partial charge in [-0.2, -0.15) is 0 Å². The molecule has 258 valence electrons. The minimum Gasteiger partial charge on any atom is -0.492 e. The normalized spacial score (nSPS) is 11.6. The van der Waals surface area contributed by atoms with Gasteiger partial charge in [0.2, 0.25) is 5.91 Å². The number of ether oxygens (including phenoxy) is 1. The molecule has 0 heterocycles. The van der Waals surface area contributed by atoms with Crippen molar-refractivity contribution in [2.75, 3.05) is 17.2 Å². The summed E-state index contributed by atoms with van der Waals surface area (Å²) >= 11 is 1.36. The van der Waals surface area contributed by atoms with Crippen molar-refractivity contribution in [3.05, 3.63) is 186 Å². The number of rotatable bonds is 13. The minimum absolute atomic E-state index is 0.0777. The Balaban J connectivity index is 1.24. The smallest absolute Gasteiger partial charge is 0.272 e. The molecule has 0 aliphatic heterocycles. The molecular weight excluding hydrogens is 667 g/mol. The van der Waals surface area contributed by atoms with Crippen LogP contribution >= 0.6 is 11.8 Å². The van der Waals surface area contributed by atoms with Crippen molar-refractivity contribution < 1.29 is 19.1 Å². The van der Waals surface area contributed by atoms with E-state index in [2.05, 4.69) is 16.0 Å². The van der Waals surface area contributed by atoms with Crippen LogP contribution in [-0.2, 0) is 9.59 Å². The van der Waals surface area contributed by atoms with E-state index >= 15 is 0 Å². The molecule has 0 aliphatic carbocycles. The SMILES string of the molecule is CCOc1ccccc1NC(=O)C(Sc1cccc(NC(=O)/C(=C\c2ccc(-c3ccccc3)cc2)NC(=O)c2ccccc2)c1)c1ccccc1. The summed E-state index contributed by atoms with van der Waals surface area (Å²) in [6, 6.07) is 50.7. The van der Waals surface area contributed by atoms with Crippen LogP contribution in [0.4, 0.5) is 11.4 Å². The van der Waals surface area contributed by atoms with Crippen LogP contribution in [0, 0.1) is 0 Å². The fraction of sp³-hybridized carbons (Fsp3) is 0.0682. The second-order valence-corrected chi connectivity index (χ2v) is 12.9. The molecule has 1 atom stereocenters. The number of anilines is 2. The maximum absolute atomic E-state index is 13.8. The lowest BCUT2D eigenvalue weighted by Crippen LogP contribution is -2.30. The first-order chi connectivity index (χ1) is 25.5. The monoisotopic (exact) mass is 703 g/mol. The summed E-state index contributed by atoms with van der Waals surface area (Å²) in [5, 5.41) is 8.19. The Hall–Kier alpha value is -6.38. The lowest BCUT2D eigenvalue weighted by Gasteiger charge is -2.19. The van der Waals surface area contributed by atoms with Crippen molar-refractivity contribution in [1.82, 2.24) is 5.32 Å². The second-order valence-electron chi connectivity index (χ2n) is 11.7. The van der Waals surface area contributed by atoms with E-state index in [1.165, 1.54) is 11.8 Å². The Morgan fingerprint density at radius 2 is 1.31 bits per heavy atom. The molecule has 7 nitrogen and oxygen atoms in total. The van der Waals surface area contributed by atoms with Gasteiger partial charge in [-0.25, -0.2) is 0 Å². The third-order valence-corrected chi connectivity index (χ3v) is 9.24. The number of carbonyl (C=O) groups excluding carboxylic acids is 3. The average molecular weight is 704 g/mol. The summed E-state index contributed by atoms with van der Waals surface area (Å²) in [4.78, 5) is 41.6. The topological polar surface area (TPSA) is 96.5 Å². The van der Waals surface area contributed by atoms with Gasteiger partial charge < -0.3 is 20.7 Å². The number of hydrogen-bond donors (Lipinski definition) is 3. The van der Waals surface area contributed by atoms with Gasteiger partial charge >= 0.3 is 0 Å². The molecule has 6 rings (SSSR count). The quantitative estimate of drug-likeness (QED) is 0.0823. The molecule has 8 heteroatoms. The van der Waals surface area contributed by atoms with Gasteiger partial charge in [0.1, 0.15) is 16.7 Å². The van der Waals surface area contributed by atoms with E-state index in [-0.39, 0.29) is 11.6 Å². The molecule has 0 aromatic heterocycles. The van der Waals surface area contributed by atoms with Gasteiger partial charge in [-0.05, 0) is 77.7 Å². The fourth-order valence-corrected chi connectivity index (χ4v) is 6.53. The molecule has 52 heavy (non-hydrogen) atoms. The van der Waals surface area contributed by atoms with Crippen molar-refractivity contribution in [1.29, 1.82) is 0 Å². The average Bonchev–Trinajstić information content (AvgIpc) is 3.19. The van der Waals surface area contributed by atoms with Crippen LogP contribution in [-0.4, -0.2) is 24.3 Å². The van der Waals surface area contributed by atoms with Crippen LogP contribution in [0.1, 0.15) is 33.7 Å². The Bertz CT molecular complexity index is 2160. The van der Waals surface area contributed by atoms with Crippen LogP contribution in [0.5, 0.6) is 5.75 Å². The first-order valence-electron chi connectivity index (χ1n) is 16.9. The van der Waals surface area contributed by atoms with E-state index in [0.29, 0.717) is 29.3 Å².